The number of piperazine rings is 1. The Kier molecular flexibility index (Phi) is 5.31. The van der Waals surface area contributed by atoms with Gasteiger partial charge in [0.05, 0.1) is 19.4 Å². The van der Waals surface area contributed by atoms with Gasteiger partial charge in [-0.15, -0.1) is 0 Å². The van der Waals surface area contributed by atoms with Crippen LogP contribution in [0.15, 0.2) is 21.4 Å². The molecule has 27 heavy (non-hydrogen) atoms. The number of ether oxygens (including phenoxy) is 3. The molecule has 148 valence electrons. The smallest absolute Gasteiger partial charge is 0.287 e. The Labute approximate surface area is 158 Å². The molecule has 2 fully saturated rings. The minimum absolute atomic E-state index is 0.0310. The van der Waals surface area contributed by atoms with Crippen LogP contribution < -0.4 is 14.8 Å². The van der Waals surface area contributed by atoms with E-state index in [1.54, 1.807) is 6.07 Å². The van der Waals surface area contributed by atoms with Crippen LogP contribution >= 0.6 is 0 Å². The molecule has 4 heterocycles. The zero-order chi connectivity index (χ0) is 18.7. The molecule has 0 saturated carbocycles. The minimum atomic E-state index is -3.84. The van der Waals surface area contributed by atoms with E-state index in [1.807, 2.05) is 0 Å². The maximum absolute atomic E-state index is 12.4. The SMILES string of the molecule is O=S1(=O)N=CC2(CCOCC2)Oc2nc(OCCN3CCNCC3)ccc21. The number of sulfonamides is 1. The van der Waals surface area contributed by atoms with Crippen molar-refractivity contribution in [1.82, 2.24) is 15.2 Å². The van der Waals surface area contributed by atoms with Gasteiger partial charge < -0.3 is 19.5 Å². The van der Waals surface area contributed by atoms with E-state index in [1.165, 1.54) is 12.3 Å². The molecule has 1 N–H and O–H groups in total. The van der Waals surface area contributed by atoms with E-state index in [9.17, 15) is 8.42 Å². The molecular formula is C17H24N4O5S. The van der Waals surface area contributed by atoms with Gasteiger partial charge in [-0.05, 0) is 6.07 Å². The fourth-order valence-corrected chi connectivity index (χ4v) is 4.36. The predicted molar refractivity (Wildman–Crippen MR) is 98.1 cm³/mol. The normalized spacial score (nSPS) is 24.0. The first-order chi connectivity index (χ1) is 13.1. The quantitative estimate of drug-likeness (QED) is 0.763. The summed E-state index contributed by atoms with van der Waals surface area (Å²) in [6.45, 7) is 6.19. The zero-order valence-electron chi connectivity index (χ0n) is 15.1. The monoisotopic (exact) mass is 396 g/mol. The lowest BCUT2D eigenvalue weighted by Gasteiger charge is -2.32. The van der Waals surface area contributed by atoms with Crippen LogP contribution in [0.5, 0.6) is 11.8 Å². The van der Waals surface area contributed by atoms with Crippen molar-refractivity contribution in [3.8, 4) is 11.8 Å². The van der Waals surface area contributed by atoms with Crippen molar-refractivity contribution in [3.05, 3.63) is 12.1 Å². The lowest BCUT2D eigenvalue weighted by Crippen LogP contribution is -2.44. The Morgan fingerprint density at radius 1 is 1.22 bits per heavy atom. The molecule has 3 aliphatic heterocycles. The summed E-state index contributed by atoms with van der Waals surface area (Å²) in [6, 6.07) is 3.00. The van der Waals surface area contributed by atoms with E-state index >= 15 is 0 Å². The lowest BCUT2D eigenvalue weighted by molar-refractivity contribution is -0.00610. The first-order valence-corrected chi connectivity index (χ1v) is 10.7. The average molecular weight is 396 g/mol. The van der Waals surface area contributed by atoms with E-state index in [4.69, 9.17) is 14.2 Å². The second kappa shape index (κ2) is 7.70. The zero-order valence-corrected chi connectivity index (χ0v) is 15.9. The highest BCUT2D eigenvalue weighted by atomic mass is 32.2. The average Bonchev–Trinajstić information content (AvgIpc) is 2.78. The summed E-state index contributed by atoms with van der Waals surface area (Å²) in [5.41, 5.74) is -0.803. The largest absolute Gasteiger partial charge is 0.476 e. The number of rotatable bonds is 4. The van der Waals surface area contributed by atoms with Crippen LogP contribution in [0.1, 0.15) is 12.8 Å². The van der Waals surface area contributed by atoms with E-state index in [2.05, 4.69) is 19.6 Å². The number of pyridine rings is 1. The van der Waals surface area contributed by atoms with Gasteiger partial charge in [-0.1, -0.05) is 0 Å². The lowest BCUT2D eigenvalue weighted by atomic mass is 9.96. The molecule has 10 heteroatoms. The number of nitrogens with zero attached hydrogens (tertiary/aromatic N) is 3. The van der Waals surface area contributed by atoms with Gasteiger partial charge in [-0.25, -0.2) is 0 Å². The first kappa shape index (κ1) is 18.6. The summed E-state index contributed by atoms with van der Waals surface area (Å²) in [4.78, 5) is 6.61. The molecule has 0 atom stereocenters. The van der Waals surface area contributed by atoms with Crippen molar-refractivity contribution >= 4 is 16.2 Å². The van der Waals surface area contributed by atoms with Gasteiger partial charge in [0.1, 0.15) is 6.61 Å². The minimum Gasteiger partial charge on any atom is -0.476 e. The van der Waals surface area contributed by atoms with Crippen LogP contribution in [0.25, 0.3) is 0 Å². The number of hydrogen-bond donors (Lipinski definition) is 1. The number of aromatic nitrogens is 1. The molecule has 0 radical (unpaired) electrons. The standard InChI is InChI=1S/C17H24N4O5S/c22-27(23)14-1-2-15(25-12-9-21-7-5-18-6-8-21)20-16(14)26-17(13-19-27)3-10-24-11-4-17/h1-2,13,18H,3-12H2. The molecule has 4 rings (SSSR count). The Bertz CT molecular complexity index is 802. The fraction of sp³-hybridized carbons (Fsp3) is 0.647. The van der Waals surface area contributed by atoms with Gasteiger partial charge >= 0.3 is 0 Å². The van der Waals surface area contributed by atoms with Crippen LogP contribution in [0.4, 0.5) is 0 Å². The van der Waals surface area contributed by atoms with Crippen molar-refractivity contribution in [1.29, 1.82) is 0 Å². The van der Waals surface area contributed by atoms with Crippen LogP contribution in [-0.4, -0.2) is 82.7 Å². The highest BCUT2D eigenvalue weighted by molar-refractivity contribution is 7.90. The molecule has 0 bridgehead atoms. The Morgan fingerprint density at radius 2 is 2.00 bits per heavy atom. The van der Waals surface area contributed by atoms with Crippen LogP contribution in [0, 0.1) is 0 Å². The van der Waals surface area contributed by atoms with Gasteiger partial charge in [-0.2, -0.15) is 17.8 Å². The van der Waals surface area contributed by atoms with Gasteiger partial charge in [-0.3, -0.25) is 4.90 Å². The van der Waals surface area contributed by atoms with Gasteiger partial charge in [0.2, 0.25) is 11.8 Å². The third kappa shape index (κ3) is 4.23. The molecule has 0 amide bonds. The second-order valence-corrected chi connectivity index (χ2v) is 8.48. The molecule has 1 spiro atoms. The molecule has 1 aromatic heterocycles. The maximum atomic E-state index is 12.4. The van der Waals surface area contributed by atoms with Crippen molar-refractivity contribution in [3.63, 3.8) is 0 Å². The van der Waals surface area contributed by atoms with Gasteiger partial charge in [0.25, 0.3) is 10.0 Å². The van der Waals surface area contributed by atoms with Crippen LogP contribution in [0.3, 0.4) is 0 Å². The summed E-state index contributed by atoms with van der Waals surface area (Å²) >= 11 is 0. The highest BCUT2D eigenvalue weighted by Crippen LogP contribution is 2.35. The number of hydrogen-bond acceptors (Lipinski definition) is 8. The van der Waals surface area contributed by atoms with E-state index in [-0.39, 0.29) is 10.8 Å². The molecule has 2 saturated heterocycles. The third-order valence-corrected chi connectivity index (χ3v) is 6.26. The number of fused-ring (bicyclic) bond motifs is 1. The fourth-order valence-electron chi connectivity index (χ4n) is 3.36. The molecule has 9 nitrogen and oxygen atoms in total. The molecule has 3 aliphatic rings. The molecule has 0 unspecified atom stereocenters. The van der Waals surface area contributed by atoms with Crippen LogP contribution in [-0.2, 0) is 14.8 Å². The van der Waals surface area contributed by atoms with Crippen molar-refractivity contribution in [2.75, 3.05) is 52.5 Å². The molecule has 1 aromatic rings. The van der Waals surface area contributed by atoms with Crippen molar-refractivity contribution in [2.45, 2.75) is 23.3 Å². The van der Waals surface area contributed by atoms with E-state index < -0.39 is 15.6 Å². The van der Waals surface area contributed by atoms with E-state index in [0.29, 0.717) is 38.5 Å². The molecular weight excluding hydrogens is 372 g/mol. The topological polar surface area (TPSA) is 102 Å². The van der Waals surface area contributed by atoms with Gasteiger partial charge in [0, 0.05) is 51.6 Å². The molecule has 0 aliphatic carbocycles. The maximum Gasteiger partial charge on any atom is 0.287 e. The highest BCUT2D eigenvalue weighted by Gasteiger charge is 2.39. The summed E-state index contributed by atoms with van der Waals surface area (Å²) < 4.78 is 45.8. The van der Waals surface area contributed by atoms with Crippen molar-refractivity contribution < 1.29 is 22.6 Å². The summed E-state index contributed by atoms with van der Waals surface area (Å²) in [5, 5.41) is 3.31. The van der Waals surface area contributed by atoms with Crippen molar-refractivity contribution in [2.24, 2.45) is 4.40 Å². The number of nitrogens with one attached hydrogen (secondary N) is 1. The van der Waals surface area contributed by atoms with Gasteiger partial charge in [0.15, 0.2) is 10.5 Å². The summed E-state index contributed by atoms with van der Waals surface area (Å²) in [7, 11) is -3.84. The molecule has 0 aromatic carbocycles. The Morgan fingerprint density at radius 3 is 2.78 bits per heavy atom. The van der Waals surface area contributed by atoms with Crippen LogP contribution in [0.2, 0.25) is 0 Å². The Hall–Kier alpha value is -1.75. The summed E-state index contributed by atoms with van der Waals surface area (Å²) in [6.07, 6.45) is 2.44. The summed E-state index contributed by atoms with van der Waals surface area (Å²) in [5.74, 6) is 0.400. The Balaban J connectivity index is 1.49. The second-order valence-electron chi connectivity index (χ2n) is 6.88. The first-order valence-electron chi connectivity index (χ1n) is 9.22. The van der Waals surface area contributed by atoms with E-state index in [0.717, 1.165) is 32.7 Å². The third-order valence-electron chi connectivity index (χ3n) is 5.01. The predicted octanol–water partition coefficient (Wildman–Crippen LogP) is 0.0667.